The minimum atomic E-state index is -0.602. The Morgan fingerprint density at radius 1 is 1.14 bits per heavy atom. The Labute approximate surface area is 128 Å². The lowest BCUT2D eigenvalue weighted by molar-refractivity contribution is -0.131. The fourth-order valence-electron chi connectivity index (χ4n) is 2.32. The second kappa shape index (κ2) is 7.17. The van der Waals surface area contributed by atoms with E-state index in [0.29, 0.717) is 13.1 Å². The van der Waals surface area contributed by atoms with Crippen molar-refractivity contribution < 1.29 is 9.59 Å². The Bertz CT molecular complexity index is 498. The highest BCUT2D eigenvalue weighted by Gasteiger charge is 2.20. The number of piperazine rings is 1. The predicted molar refractivity (Wildman–Crippen MR) is 82.4 cm³/mol. The van der Waals surface area contributed by atoms with Gasteiger partial charge in [-0.15, -0.1) is 0 Å². The number of nitrogens with zero attached hydrogens (tertiary/aromatic N) is 2. The number of urea groups is 1. The molecule has 0 unspecified atom stereocenters. The molecule has 3 N–H and O–H groups in total. The van der Waals surface area contributed by atoms with Crippen molar-refractivity contribution in [3.8, 4) is 0 Å². The van der Waals surface area contributed by atoms with Crippen molar-refractivity contribution in [2.45, 2.75) is 6.42 Å². The zero-order chi connectivity index (χ0) is 15.2. The van der Waals surface area contributed by atoms with Gasteiger partial charge in [0.05, 0.1) is 0 Å². The Balaban J connectivity index is 1.78. The highest BCUT2D eigenvalue weighted by atomic mass is 35.5. The van der Waals surface area contributed by atoms with Crippen LogP contribution in [0.3, 0.4) is 0 Å². The Morgan fingerprint density at radius 3 is 2.33 bits per heavy atom. The summed E-state index contributed by atoms with van der Waals surface area (Å²) in [5, 5.41) is 3.14. The summed E-state index contributed by atoms with van der Waals surface area (Å²) in [6, 6.07) is 7.09. The van der Waals surface area contributed by atoms with Gasteiger partial charge in [-0.3, -0.25) is 4.79 Å². The molecule has 1 saturated heterocycles. The molecule has 2 rings (SSSR count). The zero-order valence-corrected chi connectivity index (χ0v) is 12.5. The molecule has 0 aromatic heterocycles. The summed E-state index contributed by atoms with van der Waals surface area (Å²) in [6.07, 6.45) is 0.282. The molecule has 21 heavy (non-hydrogen) atoms. The average Bonchev–Trinajstić information content (AvgIpc) is 2.48. The van der Waals surface area contributed by atoms with Gasteiger partial charge in [0.2, 0.25) is 5.91 Å². The number of carbonyl (C=O) groups is 2. The summed E-state index contributed by atoms with van der Waals surface area (Å²) in [5.41, 5.74) is 6.07. The molecule has 1 aliphatic rings. The monoisotopic (exact) mass is 310 g/mol. The van der Waals surface area contributed by atoms with E-state index in [-0.39, 0.29) is 18.9 Å². The van der Waals surface area contributed by atoms with Crippen molar-refractivity contribution in [3.63, 3.8) is 0 Å². The highest BCUT2D eigenvalue weighted by molar-refractivity contribution is 6.30. The number of hydrogen-bond acceptors (Lipinski definition) is 3. The van der Waals surface area contributed by atoms with Gasteiger partial charge in [-0.1, -0.05) is 11.6 Å². The van der Waals surface area contributed by atoms with E-state index in [1.165, 1.54) is 0 Å². The fraction of sp³-hybridized carbons (Fsp3) is 0.429. The second-order valence-electron chi connectivity index (χ2n) is 4.89. The molecule has 1 fully saturated rings. The summed E-state index contributed by atoms with van der Waals surface area (Å²) < 4.78 is 0. The number of amides is 3. The summed E-state index contributed by atoms with van der Waals surface area (Å²) in [5.74, 6) is 0.0412. The number of anilines is 1. The van der Waals surface area contributed by atoms with Crippen LogP contribution in [0.5, 0.6) is 0 Å². The average molecular weight is 311 g/mol. The summed E-state index contributed by atoms with van der Waals surface area (Å²) in [7, 11) is 0. The quantitative estimate of drug-likeness (QED) is 0.872. The Hall–Kier alpha value is -1.95. The first kappa shape index (κ1) is 15.4. The van der Waals surface area contributed by atoms with Crippen LogP contribution in [0.25, 0.3) is 0 Å². The smallest absolute Gasteiger partial charge is 0.312 e. The molecule has 0 saturated carbocycles. The molecule has 0 spiro atoms. The molecule has 7 heteroatoms. The maximum atomic E-state index is 12.0. The normalized spacial score (nSPS) is 14.9. The largest absolute Gasteiger partial charge is 0.368 e. The van der Waals surface area contributed by atoms with Crippen molar-refractivity contribution in [2.24, 2.45) is 5.73 Å². The van der Waals surface area contributed by atoms with E-state index in [1.807, 2.05) is 29.2 Å². The van der Waals surface area contributed by atoms with Crippen LogP contribution in [0.15, 0.2) is 24.3 Å². The van der Waals surface area contributed by atoms with Crippen molar-refractivity contribution in [3.05, 3.63) is 29.3 Å². The molecule has 0 radical (unpaired) electrons. The molecular formula is C14H19ClN4O2. The van der Waals surface area contributed by atoms with Crippen molar-refractivity contribution in [2.75, 3.05) is 37.6 Å². The number of nitrogens with one attached hydrogen (secondary N) is 1. The number of carbonyl (C=O) groups excluding carboxylic acids is 2. The van der Waals surface area contributed by atoms with E-state index in [1.54, 1.807) is 0 Å². The van der Waals surface area contributed by atoms with Gasteiger partial charge in [0.25, 0.3) is 0 Å². The van der Waals surface area contributed by atoms with Gasteiger partial charge in [-0.25, -0.2) is 4.79 Å². The van der Waals surface area contributed by atoms with Gasteiger partial charge in [0, 0.05) is 49.9 Å². The predicted octanol–water partition coefficient (Wildman–Crippen LogP) is 1.05. The molecule has 1 heterocycles. The molecule has 0 atom stereocenters. The minimum absolute atomic E-state index is 0.0412. The van der Waals surface area contributed by atoms with Crippen LogP contribution in [-0.4, -0.2) is 49.6 Å². The van der Waals surface area contributed by atoms with E-state index in [2.05, 4.69) is 10.2 Å². The third-order valence-electron chi connectivity index (χ3n) is 3.46. The van der Waals surface area contributed by atoms with Gasteiger partial charge >= 0.3 is 6.03 Å². The van der Waals surface area contributed by atoms with Gasteiger partial charge in [0.1, 0.15) is 0 Å². The fourth-order valence-corrected chi connectivity index (χ4v) is 2.44. The van der Waals surface area contributed by atoms with E-state index in [4.69, 9.17) is 17.3 Å². The second-order valence-corrected chi connectivity index (χ2v) is 5.32. The van der Waals surface area contributed by atoms with Crippen LogP contribution in [0, 0.1) is 0 Å². The molecule has 6 nitrogen and oxygen atoms in total. The minimum Gasteiger partial charge on any atom is -0.368 e. The number of halogens is 1. The zero-order valence-electron chi connectivity index (χ0n) is 11.7. The lowest BCUT2D eigenvalue weighted by Gasteiger charge is -2.36. The van der Waals surface area contributed by atoms with Gasteiger partial charge in [-0.05, 0) is 24.3 Å². The number of benzene rings is 1. The number of rotatable bonds is 4. The summed E-state index contributed by atoms with van der Waals surface area (Å²) >= 11 is 5.88. The van der Waals surface area contributed by atoms with Crippen LogP contribution in [0.1, 0.15) is 6.42 Å². The topological polar surface area (TPSA) is 78.7 Å². The van der Waals surface area contributed by atoms with Gasteiger partial charge in [0.15, 0.2) is 0 Å². The third-order valence-corrected chi connectivity index (χ3v) is 3.71. The van der Waals surface area contributed by atoms with Crippen LogP contribution in [0.4, 0.5) is 10.5 Å². The summed E-state index contributed by atoms with van der Waals surface area (Å²) in [6.45, 7) is 3.22. The highest BCUT2D eigenvalue weighted by Crippen LogP contribution is 2.19. The third kappa shape index (κ3) is 4.53. The molecule has 1 aromatic carbocycles. The first-order chi connectivity index (χ1) is 10.1. The SMILES string of the molecule is NC(=O)NCCC(=O)N1CCN(c2ccc(Cl)cc2)CC1. The maximum absolute atomic E-state index is 12.0. The molecule has 1 aliphatic heterocycles. The molecule has 0 bridgehead atoms. The Kier molecular flexibility index (Phi) is 5.27. The van der Waals surface area contributed by atoms with Crippen molar-refractivity contribution in [1.29, 1.82) is 0 Å². The van der Waals surface area contributed by atoms with Gasteiger partial charge in [-0.2, -0.15) is 0 Å². The number of hydrogen-bond donors (Lipinski definition) is 2. The summed E-state index contributed by atoms with van der Waals surface area (Å²) in [4.78, 5) is 26.6. The van der Waals surface area contributed by atoms with Crippen LogP contribution < -0.4 is 16.0 Å². The van der Waals surface area contributed by atoms with Gasteiger partial charge < -0.3 is 20.9 Å². The standard InChI is InChI=1S/C14H19ClN4O2/c15-11-1-3-12(4-2-11)18-7-9-19(10-8-18)13(20)5-6-17-14(16)21/h1-4H,5-10H2,(H3,16,17,21). The lowest BCUT2D eigenvalue weighted by Crippen LogP contribution is -2.49. The van der Waals surface area contributed by atoms with Crippen molar-refractivity contribution in [1.82, 2.24) is 10.2 Å². The molecular weight excluding hydrogens is 292 g/mol. The number of nitrogens with two attached hydrogens (primary N) is 1. The first-order valence-corrected chi connectivity index (χ1v) is 7.25. The van der Waals surface area contributed by atoms with Crippen LogP contribution in [0.2, 0.25) is 5.02 Å². The number of primary amides is 1. The van der Waals surface area contributed by atoms with E-state index in [0.717, 1.165) is 23.8 Å². The molecule has 3 amide bonds. The van der Waals surface area contributed by atoms with E-state index < -0.39 is 6.03 Å². The van der Waals surface area contributed by atoms with Crippen LogP contribution in [-0.2, 0) is 4.79 Å². The molecule has 114 valence electrons. The van der Waals surface area contributed by atoms with Crippen LogP contribution >= 0.6 is 11.6 Å². The molecule has 0 aliphatic carbocycles. The Morgan fingerprint density at radius 2 is 1.76 bits per heavy atom. The van der Waals surface area contributed by atoms with Crippen molar-refractivity contribution >= 4 is 29.2 Å². The van der Waals surface area contributed by atoms with E-state index in [9.17, 15) is 9.59 Å². The lowest BCUT2D eigenvalue weighted by atomic mass is 10.2. The maximum Gasteiger partial charge on any atom is 0.312 e. The van der Waals surface area contributed by atoms with E-state index >= 15 is 0 Å². The molecule has 1 aromatic rings. The first-order valence-electron chi connectivity index (χ1n) is 6.88.